The molecule has 31 heavy (non-hydrogen) atoms. The SMILES string of the molecule is Cc1ccc2c(N3CC[C@@H](CNC(=O)OC(C)C)C3)nc(-c3ccccc3O)nc2c1.[HH].[HH]. The second-order valence-corrected chi connectivity index (χ2v) is 8.34. The minimum Gasteiger partial charge on any atom is -0.507 e. The Morgan fingerprint density at radius 1 is 1.29 bits per heavy atom. The Balaban J connectivity index is 0.00000193. The van der Waals surface area contributed by atoms with Crippen molar-refractivity contribution in [2.24, 2.45) is 5.92 Å². The van der Waals surface area contributed by atoms with Crippen LogP contribution in [-0.2, 0) is 4.74 Å². The van der Waals surface area contributed by atoms with Crippen LogP contribution < -0.4 is 10.2 Å². The molecule has 166 valence electrons. The van der Waals surface area contributed by atoms with Crippen LogP contribution in [0.25, 0.3) is 22.3 Å². The monoisotopic (exact) mass is 424 g/mol. The van der Waals surface area contributed by atoms with Gasteiger partial charge in [-0.05, 0) is 62.9 Å². The van der Waals surface area contributed by atoms with Crippen LogP contribution in [0.3, 0.4) is 0 Å². The number of carbonyl (C=O) groups is 1. The molecule has 1 atom stereocenters. The van der Waals surface area contributed by atoms with E-state index < -0.39 is 0 Å². The molecule has 1 aliphatic heterocycles. The second kappa shape index (κ2) is 8.79. The maximum atomic E-state index is 11.8. The van der Waals surface area contributed by atoms with Gasteiger partial charge in [0.2, 0.25) is 0 Å². The van der Waals surface area contributed by atoms with Gasteiger partial charge in [0.25, 0.3) is 0 Å². The van der Waals surface area contributed by atoms with E-state index in [4.69, 9.17) is 14.7 Å². The summed E-state index contributed by atoms with van der Waals surface area (Å²) >= 11 is 0. The zero-order chi connectivity index (χ0) is 22.0. The molecule has 1 fully saturated rings. The summed E-state index contributed by atoms with van der Waals surface area (Å²) < 4.78 is 5.16. The summed E-state index contributed by atoms with van der Waals surface area (Å²) in [4.78, 5) is 23.6. The molecule has 0 unspecified atom stereocenters. The quantitative estimate of drug-likeness (QED) is 0.614. The summed E-state index contributed by atoms with van der Waals surface area (Å²) in [5, 5.41) is 14.2. The van der Waals surface area contributed by atoms with Gasteiger partial charge in [0.1, 0.15) is 11.6 Å². The lowest BCUT2D eigenvalue weighted by Gasteiger charge is -2.21. The molecule has 1 aromatic heterocycles. The Kier molecular flexibility index (Phi) is 5.93. The minimum absolute atomic E-state index is 0. The number of rotatable bonds is 5. The first kappa shape index (κ1) is 20.9. The van der Waals surface area contributed by atoms with E-state index in [1.54, 1.807) is 12.1 Å². The fraction of sp³-hybridized carbons (Fsp3) is 0.375. The first-order chi connectivity index (χ1) is 14.9. The maximum Gasteiger partial charge on any atom is 0.407 e. The van der Waals surface area contributed by atoms with E-state index >= 15 is 0 Å². The van der Waals surface area contributed by atoms with Crippen LogP contribution in [0.2, 0.25) is 0 Å². The number of aryl methyl sites for hydroxylation is 1. The van der Waals surface area contributed by atoms with Crippen LogP contribution >= 0.6 is 0 Å². The van der Waals surface area contributed by atoms with Gasteiger partial charge in [0, 0.05) is 27.9 Å². The average molecular weight is 425 g/mol. The summed E-state index contributed by atoms with van der Waals surface area (Å²) in [6.45, 7) is 7.89. The molecule has 1 aliphatic rings. The third-order valence-electron chi connectivity index (χ3n) is 5.44. The predicted octanol–water partition coefficient (Wildman–Crippen LogP) is 4.76. The van der Waals surface area contributed by atoms with E-state index in [0.717, 1.165) is 41.8 Å². The van der Waals surface area contributed by atoms with Crippen LogP contribution in [0.5, 0.6) is 5.75 Å². The first-order valence-corrected chi connectivity index (χ1v) is 10.7. The number of fused-ring (bicyclic) bond motifs is 1. The Morgan fingerprint density at radius 2 is 2.10 bits per heavy atom. The largest absolute Gasteiger partial charge is 0.507 e. The summed E-state index contributed by atoms with van der Waals surface area (Å²) in [6, 6.07) is 13.3. The van der Waals surface area contributed by atoms with Gasteiger partial charge >= 0.3 is 6.09 Å². The Bertz CT molecular complexity index is 1110. The molecule has 1 amide bonds. The van der Waals surface area contributed by atoms with Crippen molar-refractivity contribution in [3.05, 3.63) is 48.0 Å². The van der Waals surface area contributed by atoms with Crippen molar-refractivity contribution in [2.45, 2.75) is 33.3 Å². The number of hydrogen-bond acceptors (Lipinski definition) is 6. The van der Waals surface area contributed by atoms with Crippen molar-refractivity contribution >= 4 is 22.8 Å². The number of anilines is 1. The minimum atomic E-state index is -0.377. The Hall–Kier alpha value is -3.35. The van der Waals surface area contributed by atoms with Crippen molar-refractivity contribution in [3.63, 3.8) is 0 Å². The maximum absolute atomic E-state index is 11.8. The number of phenolic OH excluding ortho intramolecular Hbond substituents is 1. The predicted molar refractivity (Wildman–Crippen MR) is 126 cm³/mol. The third-order valence-corrected chi connectivity index (χ3v) is 5.44. The molecule has 0 spiro atoms. The van der Waals surface area contributed by atoms with Gasteiger partial charge in [0.15, 0.2) is 5.82 Å². The number of benzene rings is 2. The van der Waals surface area contributed by atoms with E-state index in [-0.39, 0.29) is 20.8 Å². The van der Waals surface area contributed by atoms with Gasteiger partial charge in [-0.3, -0.25) is 0 Å². The van der Waals surface area contributed by atoms with E-state index in [0.29, 0.717) is 23.9 Å². The highest BCUT2D eigenvalue weighted by Gasteiger charge is 2.26. The number of ether oxygens (including phenoxy) is 1. The lowest BCUT2D eigenvalue weighted by Crippen LogP contribution is -2.32. The molecule has 4 rings (SSSR count). The summed E-state index contributed by atoms with van der Waals surface area (Å²) in [7, 11) is 0. The van der Waals surface area contributed by atoms with Gasteiger partial charge in [-0.15, -0.1) is 0 Å². The van der Waals surface area contributed by atoms with Crippen LogP contribution in [0.4, 0.5) is 10.6 Å². The highest BCUT2D eigenvalue weighted by molar-refractivity contribution is 5.92. The molecular formula is C24H32N4O3. The summed E-state index contributed by atoms with van der Waals surface area (Å²) in [6.07, 6.45) is 0.438. The molecule has 2 heterocycles. The molecule has 7 nitrogen and oxygen atoms in total. The number of hydrogen-bond donors (Lipinski definition) is 2. The molecule has 0 bridgehead atoms. The molecule has 0 saturated carbocycles. The molecule has 1 saturated heterocycles. The summed E-state index contributed by atoms with van der Waals surface area (Å²) in [5.41, 5.74) is 2.58. The highest BCUT2D eigenvalue weighted by atomic mass is 16.6. The lowest BCUT2D eigenvalue weighted by molar-refractivity contribution is 0.114. The van der Waals surface area contributed by atoms with Gasteiger partial charge in [-0.1, -0.05) is 18.2 Å². The fourth-order valence-corrected chi connectivity index (χ4v) is 3.92. The van der Waals surface area contributed by atoms with Crippen LogP contribution in [0, 0.1) is 12.8 Å². The molecule has 2 N–H and O–H groups in total. The van der Waals surface area contributed by atoms with E-state index in [1.807, 2.05) is 39.0 Å². The van der Waals surface area contributed by atoms with Crippen molar-refractivity contribution in [3.8, 4) is 17.1 Å². The van der Waals surface area contributed by atoms with Gasteiger partial charge in [0.05, 0.1) is 17.2 Å². The lowest BCUT2D eigenvalue weighted by atomic mass is 10.1. The number of aromatic hydroxyl groups is 1. The van der Waals surface area contributed by atoms with Gasteiger partial charge in [-0.2, -0.15) is 0 Å². The molecular weight excluding hydrogens is 392 g/mol. The number of phenols is 1. The fourth-order valence-electron chi connectivity index (χ4n) is 3.92. The highest BCUT2D eigenvalue weighted by Crippen LogP contribution is 2.33. The van der Waals surface area contributed by atoms with E-state index in [9.17, 15) is 9.90 Å². The van der Waals surface area contributed by atoms with Crippen molar-refractivity contribution < 1.29 is 17.5 Å². The van der Waals surface area contributed by atoms with E-state index in [1.165, 1.54) is 0 Å². The zero-order valence-electron chi connectivity index (χ0n) is 18.1. The van der Waals surface area contributed by atoms with Crippen LogP contribution in [-0.4, -0.2) is 46.9 Å². The number of para-hydroxylation sites is 1. The molecule has 3 aromatic rings. The molecule has 0 radical (unpaired) electrons. The first-order valence-electron chi connectivity index (χ1n) is 10.7. The third kappa shape index (κ3) is 4.71. The van der Waals surface area contributed by atoms with Crippen molar-refractivity contribution in [1.29, 1.82) is 0 Å². The van der Waals surface area contributed by atoms with Gasteiger partial charge < -0.3 is 20.1 Å². The van der Waals surface area contributed by atoms with Crippen LogP contribution in [0.1, 0.15) is 28.7 Å². The Morgan fingerprint density at radius 3 is 2.87 bits per heavy atom. The smallest absolute Gasteiger partial charge is 0.407 e. The number of nitrogens with one attached hydrogen (secondary N) is 1. The average Bonchev–Trinajstić information content (AvgIpc) is 3.20. The van der Waals surface area contributed by atoms with Crippen molar-refractivity contribution in [1.82, 2.24) is 15.3 Å². The number of amides is 1. The van der Waals surface area contributed by atoms with Crippen LogP contribution in [0.15, 0.2) is 42.5 Å². The standard InChI is InChI=1S/C24H28N4O3.2H2/c1-15(2)31-24(30)25-13-17-10-11-28(14-17)23-18-9-8-16(3)12-20(18)26-22(27-23)19-6-4-5-7-21(19)29;;/h4-9,12,15,17,29H,10-11,13-14H2,1-3H3,(H,25,30);2*1H/t17-;;/m0../s1. The second-order valence-electron chi connectivity index (χ2n) is 8.34. The number of aromatic nitrogens is 2. The van der Waals surface area contributed by atoms with Gasteiger partial charge in [-0.25, -0.2) is 14.8 Å². The molecule has 7 heteroatoms. The zero-order valence-corrected chi connectivity index (χ0v) is 18.1. The number of alkyl carbamates (subject to hydrolysis) is 1. The Labute approximate surface area is 185 Å². The number of carbonyl (C=O) groups excluding carboxylic acids is 1. The molecule has 2 aromatic carbocycles. The topological polar surface area (TPSA) is 87.6 Å². The number of nitrogens with zero attached hydrogens (tertiary/aromatic N) is 3. The van der Waals surface area contributed by atoms with Crippen molar-refractivity contribution in [2.75, 3.05) is 24.5 Å². The molecule has 0 aliphatic carbocycles. The van der Waals surface area contributed by atoms with E-state index in [2.05, 4.69) is 22.3 Å². The summed E-state index contributed by atoms with van der Waals surface area (Å²) in [5.74, 6) is 1.83. The normalized spacial score (nSPS) is 16.1.